The van der Waals surface area contributed by atoms with E-state index in [9.17, 15) is 24.0 Å². The Morgan fingerprint density at radius 3 is 2.30 bits per heavy atom. The summed E-state index contributed by atoms with van der Waals surface area (Å²) in [5.74, 6) is -5.19. The summed E-state index contributed by atoms with van der Waals surface area (Å²) >= 11 is 0. The van der Waals surface area contributed by atoms with E-state index in [1.807, 2.05) is 0 Å². The molecule has 0 bridgehead atoms. The van der Waals surface area contributed by atoms with Crippen LogP contribution in [0.1, 0.15) is 46.8 Å². The lowest BCUT2D eigenvalue weighted by Gasteiger charge is -2.28. The van der Waals surface area contributed by atoms with Crippen LogP contribution in [0.3, 0.4) is 0 Å². The highest BCUT2D eigenvalue weighted by Gasteiger charge is 2.43. The Morgan fingerprint density at radius 1 is 1.09 bits per heavy atom. The molecule has 3 rings (SSSR count). The van der Waals surface area contributed by atoms with Crippen LogP contribution in [0, 0.1) is 11.8 Å². The summed E-state index contributed by atoms with van der Waals surface area (Å²) in [6.45, 7) is 5.88. The minimum atomic E-state index is -2.00. The Labute approximate surface area is 250 Å². The molecule has 2 aromatic heterocycles. The van der Waals surface area contributed by atoms with E-state index >= 15 is 4.39 Å². The highest BCUT2D eigenvalue weighted by Crippen LogP contribution is 2.32. The van der Waals surface area contributed by atoms with E-state index in [1.54, 1.807) is 27.7 Å². The molecule has 0 saturated carbocycles. The molecule has 7 N–H and O–H groups in total. The van der Waals surface area contributed by atoms with Gasteiger partial charge in [-0.25, -0.2) is 14.2 Å². The number of H-pyrrole nitrogens is 1. The molecule has 244 valence electrons. The molecule has 44 heavy (non-hydrogen) atoms. The molecule has 0 amide bonds. The first-order valence-electron chi connectivity index (χ1n) is 13.8. The number of rotatable bonds is 13. The Hall–Kier alpha value is -4.16. The SMILES string of the molecule is COC(=O)CC(OC(=O)[C@@H](N)C(C)C)C(OC(=O)[C@@H](N)C(C)C)C(=O)OC[C@H]1O[C@@H](n2cnc3c(=O)[nH]c(N)nc32)CC1F. The van der Waals surface area contributed by atoms with E-state index in [0.29, 0.717) is 0 Å². The van der Waals surface area contributed by atoms with E-state index in [2.05, 4.69) is 19.7 Å². The maximum Gasteiger partial charge on any atom is 0.351 e. The predicted molar refractivity (Wildman–Crippen MR) is 149 cm³/mol. The number of esters is 4. The number of hydrogen-bond acceptors (Lipinski definition) is 15. The summed E-state index contributed by atoms with van der Waals surface area (Å²) in [5.41, 5.74) is 16.8. The van der Waals surface area contributed by atoms with E-state index in [-0.39, 0.29) is 29.5 Å². The Bertz CT molecular complexity index is 1410. The number of fused-ring (bicyclic) bond motifs is 1. The number of alkyl halides is 1. The minimum absolute atomic E-state index is 0.0410. The van der Waals surface area contributed by atoms with Crippen LogP contribution in [-0.2, 0) is 42.9 Å². The van der Waals surface area contributed by atoms with Crippen molar-refractivity contribution in [3.63, 3.8) is 0 Å². The normalized spacial score (nSPS) is 21.1. The number of ether oxygens (including phenoxy) is 5. The monoisotopic (exact) mass is 627 g/mol. The number of carbonyl (C=O) groups is 4. The van der Waals surface area contributed by atoms with Gasteiger partial charge in [-0.15, -0.1) is 0 Å². The van der Waals surface area contributed by atoms with Crippen molar-refractivity contribution in [3.8, 4) is 0 Å². The molecule has 18 heteroatoms. The quantitative estimate of drug-likeness (QED) is 0.157. The zero-order valence-electron chi connectivity index (χ0n) is 24.9. The number of imidazole rings is 1. The number of nitrogens with one attached hydrogen (secondary N) is 1. The van der Waals surface area contributed by atoms with Crippen molar-refractivity contribution in [2.24, 2.45) is 23.3 Å². The Balaban J connectivity index is 1.81. The van der Waals surface area contributed by atoms with Crippen molar-refractivity contribution in [2.45, 2.75) is 83.3 Å². The summed E-state index contributed by atoms with van der Waals surface area (Å²) in [7, 11) is 1.06. The average Bonchev–Trinajstić information content (AvgIpc) is 3.55. The Kier molecular flexibility index (Phi) is 11.3. The lowest BCUT2D eigenvalue weighted by atomic mass is 10.0. The van der Waals surface area contributed by atoms with Crippen LogP contribution in [0.2, 0.25) is 0 Å². The summed E-state index contributed by atoms with van der Waals surface area (Å²) in [5, 5.41) is 0. The second-order valence-corrected chi connectivity index (χ2v) is 10.9. The number of carbonyl (C=O) groups excluding carboxylic acids is 4. The fourth-order valence-electron chi connectivity index (χ4n) is 4.12. The first-order chi connectivity index (χ1) is 20.6. The standard InChI is InChI=1S/C26H38FN7O10/c1-10(2)17(28)23(37)43-13(7-16(35)40-5)20(44-24(38)18(29)11(3)4)25(39)41-8-14-12(27)6-15(42-14)34-9-31-19-21(34)32-26(30)33-22(19)36/h9-15,17-18,20H,6-8,28-29H2,1-5H3,(H3,30,32,33,36)/t12?,13?,14-,15-,17+,18+,20?/m1/s1. The van der Waals surface area contributed by atoms with Gasteiger partial charge >= 0.3 is 23.9 Å². The number of methoxy groups -OCH3 is 1. The zero-order valence-corrected chi connectivity index (χ0v) is 24.9. The number of aromatic nitrogens is 4. The van der Waals surface area contributed by atoms with E-state index < -0.39 is 91.2 Å². The van der Waals surface area contributed by atoms with E-state index in [4.69, 9.17) is 36.1 Å². The molecular weight excluding hydrogens is 589 g/mol. The predicted octanol–water partition coefficient (Wildman–Crippen LogP) is -0.776. The number of nitrogens with two attached hydrogens (primary N) is 3. The number of halogens is 1. The number of anilines is 1. The van der Waals surface area contributed by atoms with Gasteiger partial charge in [0.15, 0.2) is 17.3 Å². The van der Waals surface area contributed by atoms with Crippen LogP contribution in [0.5, 0.6) is 0 Å². The number of hydrogen-bond donors (Lipinski definition) is 4. The van der Waals surface area contributed by atoms with Crippen LogP contribution in [-0.4, -0.2) is 93.7 Å². The summed E-state index contributed by atoms with van der Waals surface area (Å²) in [6.07, 6.45) is -7.39. The molecule has 3 heterocycles. The number of nitrogens with zero attached hydrogens (tertiary/aromatic N) is 3. The van der Waals surface area contributed by atoms with Gasteiger partial charge in [-0.3, -0.25) is 28.7 Å². The van der Waals surface area contributed by atoms with Gasteiger partial charge in [0.2, 0.25) is 12.1 Å². The summed E-state index contributed by atoms with van der Waals surface area (Å²) in [6, 6.07) is -2.33. The third-order valence-electron chi connectivity index (χ3n) is 6.97. The van der Waals surface area contributed by atoms with Crippen molar-refractivity contribution in [3.05, 3.63) is 16.7 Å². The molecular formula is C26H38FN7O10. The minimum Gasteiger partial charge on any atom is -0.469 e. The number of aromatic amines is 1. The highest BCUT2D eigenvalue weighted by molar-refractivity contribution is 5.84. The molecule has 0 spiro atoms. The van der Waals surface area contributed by atoms with Crippen LogP contribution in [0.15, 0.2) is 11.1 Å². The second-order valence-electron chi connectivity index (χ2n) is 10.9. The highest BCUT2D eigenvalue weighted by atomic mass is 19.1. The first kappa shape index (κ1) is 34.3. The fraction of sp³-hybridized carbons (Fsp3) is 0.654. The van der Waals surface area contributed by atoms with Crippen LogP contribution >= 0.6 is 0 Å². The largest absolute Gasteiger partial charge is 0.469 e. The smallest absolute Gasteiger partial charge is 0.351 e. The van der Waals surface area contributed by atoms with Gasteiger partial charge in [0.05, 0.1) is 19.9 Å². The molecule has 2 aromatic rings. The van der Waals surface area contributed by atoms with Crippen molar-refractivity contribution in [1.82, 2.24) is 19.5 Å². The van der Waals surface area contributed by atoms with Gasteiger partial charge in [0.1, 0.15) is 37.2 Å². The third-order valence-corrected chi connectivity index (χ3v) is 6.97. The van der Waals surface area contributed by atoms with Gasteiger partial charge < -0.3 is 40.9 Å². The van der Waals surface area contributed by atoms with Crippen LogP contribution in [0.4, 0.5) is 10.3 Å². The molecule has 0 aliphatic carbocycles. The molecule has 1 fully saturated rings. The van der Waals surface area contributed by atoms with Gasteiger partial charge in [0, 0.05) is 6.42 Å². The maximum absolute atomic E-state index is 15.0. The van der Waals surface area contributed by atoms with Gasteiger partial charge in [-0.2, -0.15) is 4.98 Å². The second kappa shape index (κ2) is 14.5. The van der Waals surface area contributed by atoms with Crippen molar-refractivity contribution in [1.29, 1.82) is 0 Å². The van der Waals surface area contributed by atoms with Crippen LogP contribution in [0.25, 0.3) is 11.2 Å². The third kappa shape index (κ3) is 8.06. The maximum atomic E-state index is 15.0. The molecule has 17 nitrogen and oxygen atoms in total. The average molecular weight is 628 g/mol. The Morgan fingerprint density at radius 2 is 1.70 bits per heavy atom. The molecule has 0 aromatic carbocycles. The lowest BCUT2D eigenvalue weighted by molar-refractivity contribution is -0.188. The first-order valence-corrected chi connectivity index (χ1v) is 13.8. The van der Waals surface area contributed by atoms with Crippen molar-refractivity contribution < 1.29 is 47.3 Å². The summed E-state index contributed by atoms with van der Waals surface area (Å²) < 4.78 is 42.7. The van der Waals surface area contributed by atoms with Crippen molar-refractivity contribution in [2.75, 3.05) is 19.5 Å². The van der Waals surface area contributed by atoms with Gasteiger partial charge in [-0.05, 0) is 11.8 Å². The van der Waals surface area contributed by atoms with E-state index in [1.165, 1.54) is 10.9 Å². The molecule has 1 aliphatic heterocycles. The lowest BCUT2D eigenvalue weighted by Crippen LogP contribution is -2.49. The van der Waals surface area contributed by atoms with Gasteiger partial charge in [0.25, 0.3) is 5.56 Å². The molecule has 7 atom stereocenters. The molecule has 1 aliphatic rings. The number of nitrogen functional groups attached to an aromatic ring is 1. The van der Waals surface area contributed by atoms with Crippen molar-refractivity contribution >= 4 is 41.0 Å². The zero-order chi connectivity index (χ0) is 32.9. The van der Waals surface area contributed by atoms with E-state index in [0.717, 1.165) is 7.11 Å². The van der Waals surface area contributed by atoms with Gasteiger partial charge in [-0.1, -0.05) is 27.7 Å². The molecule has 3 unspecified atom stereocenters. The van der Waals surface area contributed by atoms with Crippen LogP contribution < -0.4 is 22.8 Å². The molecule has 0 radical (unpaired) electrons. The summed E-state index contributed by atoms with van der Waals surface area (Å²) in [4.78, 5) is 73.3. The topological polar surface area (TPSA) is 256 Å². The molecule has 1 saturated heterocycles. The fourth-order valence-corrected chi connectivity index (χ4v) is 4.12.